The standard InChI is InChI=1S/C16H26N2O/c1-12-8-13(2)15(16(19)9-12)11-18(3)10-14-4-6-17-7-5-14/h4-7,12-13,15-16,19H,8-11H2,1-3H3. The summed E-state index contributed by atoms with van der Waals surface area (Å²) in [5.41, 5.74) is 1.28. The Hall–Kier alpha value is -0.930. The van der Waals surface area contributed by atoms with Crippen molar-refractivity contribution in [3.05, 3.63) is 30.1 Å². The van der Waals surface area contributed by atoms with Crippen LogP contribution in [0.15, 0.2) is 24.5 Å². The first-order chi connectivity index (χ1) is 9.06. The minimum Gasteiger partial charge on any atom is -0.393 e. The summed E-state index contributed by atoms with van der Waals surface area (Å²) in [6.07, 6.45) is 5.73. The fraction of sp³-hybridized carbons (Fsp3) is 0.688. The number of rotatable bonds is 4. The van der Waals surface area contributed by atoms with Crippen LogP contribution in [0, 0.1) is 17.8 Å². The Bertz CT molecular complexity index is 370. The first kappa shape index (κ1) is 14.5. The lowest BCUT2D eigenvalue weighted by atomic mass is 9.73. The van der Waals surface area contributed by atoms with Gasteiger partial charge < -0.3 is 10.0 Å². The van der Waals surface area contributed by atoms with E-state index in [1.54, 1.807) is 0 Å². The summed E-state index contributed by atoms with van der Waals surface area (Å²) in [5.74, 6) is 1.67. The Morgan fingerprint density at radius 1 is 1.26 bits per heavy atom. The molecular weight excluding hydrogens is 236 g/mol. The molecule has 1 aromatic rings. The van der Waals surface area contributed by atoms with Gasteiger partial charge in [0.2, 0.25) is 0 Å². The van der Waals surface area contributed by atoms with E-state index in [1.807, 2.05) is 12.4 Å². The van der Waals surface area contributed by atoms with Crippen LogP contribution in [0.2, 0.25) is 0 Å². The first-order valence-corrected chi connectivity index (χ1v) is 7.31. The van der Waals surface area contributed by atoms with E-state index in [9.17, 15) is 5.11 Å². The van der Waals surface area contributed by atoms with Crippen molar-refractivity contribution < 1.29 is 5.11 Å². The van der Waals surface area contributed by atoms with Gasteiger partial charge in [0.05, 0.1) is 6.10 Å². The molecule has 0 amide bonds. The van der Waals surface area contributed by atoms with E-state index in [0.29, 0.717) is 17.8 Å². The SMILES string of the molecule is CC1CC(C)C(CN(C)Cc2ccncc2)C(O)C1. The molecule has 1 aliphatic rings. The maximum atomic E-state index is 10.3. The van der Waals surface area contributed by atoms with E-state index in [-0.39, 0.29) is 6.10 Å². The lowest BCUT2D eigenvalue weighted by Crippen LogP contribution is -2.41. The van der Waals surface area contributed by atoms with Gasteiger partial charge in [0.15, 0.2) is 0 Å². The van der Waals surface area contributed by atoms with E-state index in [1.165, 1.54) is 12.0 Å². The van der Waals surface area contributed by atoms with Crippen molar-refractivity contribution in [3.8, 4) is 0 Å². The third kappa shape index (κ3) is 4.02. The van der Waals surface area contributed by atoms with Crippen LogP contribution < -0.4 is 0 Å². The largest absolute Gasteiger partial charge is 0.393 e. The molecule has 1 heterocycles. The van der Waals surface area contributed by atoms with Crippen LogP contribution in [0.1, 0.15) is 32.3 Å². The number of aromatic nitrogens is 1. The molecule has 1 N–H and O–H groups in total. The molecule has 1 aromatic heterocycles. The van der Waals surface area contributed by atoms with Crippen molar-refractivity contribution in [3.63, 3.8) is 0 Å². The van der Waals surface area contributed by atoms with Gasteiger partial charge in [-0.05, 0) is 49.4 Å². The molecule has 0 saturated heterocycles. The zero-order valence-corrected chi connectivity index (χ0v) is 12.3. The van der Waals surface area contributed by atoms with Gasteiger partial charge in [-0.2, -0.15) is 0 Å². The highest BCUT2D eigenvalue weighted by molar-refractivity contribution is 5.09. The topological polar surface area (TPSA) is 36.4 Å². The summed E-state index contributed by atoms with van der Waals surface area (Å²) in [6.45, 7) is 6.42. The fourth-order valence-corrected chi connectivity index (χ4v) is 3.40. The molecular formula is C16H26N2O. The van der Waals surface area contributed by atoms with Gasteiger partial charge in [0.25, 0.3) is 0 Å². The molecule has 19 heavy (non-hydrogen) atoms. The van der Waals surface area contributed by atoms with Gasteiger partial charge in [-0.25, -0.2) is 0 Å². The highest BCUT2D eigenvalue weighted by Crippen LogP contribution is 2.34. The van der Waals surface area contributed by atoms with Crippen LogP contribution in [0.4, 0.5) is 0 Å². The van der Waals surface area contributed by atoms with Crippen LogP contribution >= 0.6 is 0 Å². The predicted octanol–water partition coefficient (Wildman–Crippen LogP) is 2.56. The normalized spacial score (nSPS) is 31.6. The minimum atomic E-state index is -0.140. The zero-order chi connectivity index (χ0) is 13.8. The van der Waals surface area contributed by atoms with E-state index in [2.05, 4.69) is 42.9 Å². The van der Waals surface area contributed by atoms with Crippen molar-refractivity contribution in [1.82, 2.24) is 9.88 Å². The molecule has 0 bridgehead atoms. The summed E-state index contributed by atoms with van der Waals surface area (Å²) in [5, 5.41) is 10.3. The van der Waals surface area contributed by atoms with Crippen molar-refractivity contribution in [2.24, 2.45) is 17.8 Å². The van der Waals surface area contributed by atoms with Crippen LogP contribution in [0.25, 0.3) is 0 Å². The molecule has 0 aliphatic heterocycles. The van der Waals surface area contributed by atoms with Crippen LogP contribution in [-0.2, 0) is 6.54 Å². The van der Waals surface area contributed by atoms with E-state index >= 15 is 0 Å². The molecule has 0 aromatic carbocycles. The monoisotopic (exact) mass is 262 g/mol. The van der Waals surface area contributed by atoms with Crippen LogP contribution in [-0.4, -0.2) is 34.7 Å². The molecule has 1 saturated carbocycles. The van der Waals surface area contributed by atoms with Crippen molar-refractivity contribution in [1.29, 1.82) is 0 Å². The Morgan fingerprint density at radius 3 is 2.58 bits per heavy atom. The smallest absolute Gasteiger partial charge is 0.0585 e. The lowest BCUT2D eigenvalue weighted by molar-refractivity contribution is 0.000593. The molecule has 2 rings (SSSR count). The van der Waals surface area contributed by atoms with E-state index in [4.69, 9.17) is 0 Å². The van der Waals surface area contributed by atoms with Crippen LogP contribution in [0.5, 0.6) is 0 Å². The Kier molecular flexibility index (Phi) is 4.94. The number of hydrogen-bond donors (Lipinski definition) is 1. The van der Waals surface area contributed by atoms with E-state index < -0.39 is 0 Å². The summed E-state index contributed by atoms with van der Waals surface area (Å²) in [4.78, 5) is 6.36. The Morgan fingerprint density at radius 2 is 1.95 bits per heavy atom. The van der Waals surface area contributed by atoms with Crippen molar-refractivity contribution in [2.45, 2.75) is 39.3 Å². The van der Waals surface area contributed by atoms with Gasteiger partial charge in [-0.3, -0.25) is 4.98 Å². The lowest BCUT2D eigenvalue weighted by Gasteiger charge is -2.39. The molecule has 1 aliphatic carbocycles. The number of aliphatic hydroxyl groups is 1. The van der Waals surface area contributed by atoms with Gasteiger partial charge >= 0.3 is 0 Å². The van der Waals surface area contributed by atoms with Crippen LogP contribution in [0.3, 0.4) is 0 Å². The highest BCUT2D eigenvalue weighted by Gasteiger charge is 2.33. The average Bonchev–Trinajstić information content (AvgIpc) is 2.35. The average molecular weight is 262 g/mol. The highest BCUT2D eigenvalue weighted by atomic mass is 16.3. The molecule has 4 unspecified atom stereocenters. The number of pyridine rings is 1. The third-order valence-corrected chi connectivity index (χ3v) is 4.37. The summed E-state index contributed by atoms with van der Waals surface area (Å²) in [6, 6.07) is 4.11. The van der Waals surface area contributed by atoms with Gasteiger partial charge in [-0.1, -0.05) is 13.8 Å². The van der Waals surface area contributed by atoms with E-state index in [0.717, 1.165) is 19.5 Å². The second-order valence-electron chi connectivity index (χ2n) is 6.34. The summed E-state index contributed by atoms with van der Waals surface area (Å²) < 4.78 is 0. The molecule has 3 nitrogen and oxygen atoms in total. The number of hydrogen-bond acceptors (Lipinski definition) is 3. The van der Waals surface area contributed by atoms with Gasteiger partial charge in [-0.15, -0.1) is 0 Å². The number of aliphatic hydroxyl groups excluding tert-OH is 1. The number of nitrogens with zero attached hydrogens (tertiary/aromatic N) is 2. The maximum Gasteiger partial charge on any atom is 0.0585 e. The van der Waals surface area contributed by atoms with Gasteiger partial charge in [0.1, 0.15) is 0 Å². The second kappa shape index (κ2) is 6.49. The summed E-state index contributed by atoms with van der Waals surface area (Å²) in [7, 11) is 2.14. The quantitative estimate of drug-likeness (QED) is 0.906. The maximum absolute atomic E-state index is 10.3. The molecule has 106 valence electrons. The molecule has 4 atom stereocenters. The zero-order valence-electron chi connectivity index (χ0n) is 12.3. The minimum absolute atomic E-state index is 0.140. The molecule has 0 radical (unpaired) electrons. The molecule has 3 heteroatoms. The Labute approximate surface area is 116 Å². The third-order valence-electron chi connectivity index (χ3n) is 4.37. The van der Waals surface area contributed by atoms with Gasteiger partial charge in [0, 0.05) is 31.4 Å². The second-order valence-corrected chi connectivity index (χ2v) is 6.34. The Balaban J connectivity index is 1.89. The predicted molar refractivity (Wildman–Crippen MR) is 77.6 cm³/mol. The molecule has 0 spiro atoms. The first-order valence-electron chi connectivity index (χ1n) is 7.31. The summed E-state index contributed by atoms with van der Waals surface area (Å²) >= 11 is 0. The van der Waals surface area contributed by atoms with Crippen molar-refractivity contribution in [2.75, 3.05) is 13.6 Å². The molecule has 1 fully saturated rings. The van der Waals surface area contributed by atoms with Crippen molar-refractivity contribution >= 4 is 0 Å². The fourth-order valence-electron chi connectivity index (χ4n) is 3.40.